The molecule has 0 aliphatic heterocycles. The molecule has 0 spiro atoms. The highest BCUT2D eigenvalue weighted by Gasteiger charge is 2.27. The zero-order valence-corrected chi connectivity index (χ0v) is 16.7. The summed E-state index contributed by atoms with van der Waals surface area (Å²) in [5.74, 6) is -1.77. The van der Waals surface area contributed by atoms with Crippen molar-refractivity contribution in [3.05, 3.63) is 68.9 Å². The molecule has 0 aliphatic rings. The molecule has 1 aromatic heterocycles. The maximum absolute atomic E-state index is 13.1. The van der Waals surface area contributed by atoms with Gasteiger partial charge in [0.05, 0.1) is 13.7 Å². The van der Waals surface area contributed by atoms with Gasteiger partial charge in [-0.2, -0.15) is 0 Å². The number of aryl methyl sites for hydroxylation is 1. The minimum atomic E-state index is -0.857. The zero-order chi connectivity index (χ0) is 21.0. The van der Waals surface area contributed by atoms with Crippen molar-refractivity contribution in [3.63, 3.8) is 0 Å². The van der Waals surface area contributed by atoms with Crippen LogP contribution in [0.2, 0.25) is 0 Å². The van der Waals surface area contributed by atoms with Gasteiger partial charge in [-0.1, -0.05) is 26.0 Å². The number of nitrogens with one attached hydrogen (secondary N) is 1. The van der Waals surface area contributed by atoms with E-state index in [1.54, 1.807) is 39.8 Å². The molecule has 1 N–H and O–H groups in total. The molecule has 0 saturated carbocycles. The summed E-state index contributed by atoms with van der Waals surface area (Å²) in [5, 5.41) is 2.59. The van der Waals surface area contributed by atoms with Crippen LogP contribution < -0.4 is 10.9 Å². The Bertz CT molecular complexity index is 933. The predicted octanol–water partition coefficient (Wildman–Crippen LogP) is 2.58. The number of benzene rings is 1. The van der Waals surface area contributed by atoms with Crippen molar-refractivity contribution in [2.45, 2.75) is 40.3 Å². The summed E-state index contributed by atoms with van der Waals surface area (Å²) in [4.78, 5) is 37.6. The molecule has 6 nitrogen and oxygen atoms in total. The largest absolute Gasteiger partial charge is 0.467 e. The number of esters is 1. The number of hydrogen-bond acceptors (Lipinski definition) is 4. The van der Waals surface area contributed by atoms with Crippen molar-refractivity contribution in [2.24, 2.45) is 5.92 Å². The van der Waals surface area contributed by atoms with Crippen LogP contribution in [0.15, 0.2) is 35.1 Å². The molecule has 2 rings (SSSR count). The van der Waals surface area contributed by atoms with E-state index in [9.17, 15) is 18.8 Å². The van der Waals surface area contributed by atoms with Crippen LogP contribution in [0.25, 0.3) is 0 Å². The van der Waals surface area contributed by atoms with Gasteiger partial charge in [0.1, 0.15) is 17.4 Å². The molecule has 0 aliphatic carbocycles. The smallest absolute Gasteiger partial charge is 0.328 e. The number of methoxy groups -OCH3 is 1. The minimum Gasteiger partial charge on any atom is -0.467 e. The molecule has 28 heavy (non-hydrogen) atoms. The number of ether oxygens (including phenoxy) is 1. The first-order valence-corrected chi connectivity index (χ1v) is 8.99. The predicted molar refractivity (Wildman–Crippen MR) is 104 cm³/mol. The fourth-order valence-electron chi connectivity index (χ4n) is 2.86. The van der Waals surface area contributed by atoms with E-state index in [1.807, 2.05) is 0 Å². The second kappa shape index (κ2) is 8.82. The first-order chi connectivity index (χ1) is 13.1. The van der Waals surface area contributed by atoms with Gasteiger partial charge in [0.2, 0.25) is 0 Å². The SMILES string of the molecule is COC(=O)C(NC(=O)c1cc(C)c(C)n(Cc2ccc(F)cc2)c1=O)C(C)C. The van der Waals surface area contributed by atoms with Gasteiger partial charge >= 0.3 is 5.97 Å². The van der Waals surface area contributed by atoms with Gasteiger partial charge in [-0.05, 0) is 49.1 Å². The van der Waals surface area contributed by atoms with Crippen LogP contribution in [-0.4, -0.2) is 29.6 Å². The number of aromatic nitrogens is 1. The second-order valence-corrected chi connectivity index (χ2v) is 7.06. The average Bonchev–Trinajstić information content (AvgIpc) is 2.66. The van der Waals surface area contributed by atoms with Gasteiger partial charge in [-0.3, -0.25) is 9.59 Å². The van der Waals surface area contributed by atoms with Crippen molar-refractivity contribution in [2.75, 3.05) is 7.11 Å². The quantitative estimate of drug-likeness (QED) is 0.772. The summed E-state index contributed by atoms with van der Waals surface area (Å²) in [5.41, 5.74) is 1.67. The maximum atomic E-state index is 13.1. The van der Waals surface area contributed by atoms with Crippen molar-refractivity contribution in [3.8, 4) is 0 Å². The van der Waals surface area contributed by atoms with E-state index in [1.165, 1.54) is 29.9 Å². The van der Waals surface area contributed by atoms with Crippen LogP contribution in [-0.2, 0) is 16.1 Å². The van der Waals surface area contributed by atoms with Crippen LogP contribution in [0, 0.1) is 25.6 Å². The Balaban J connectivity index is 2.41. The lowest BCUT2D eigenvalue weighted by atomic mass is 10.0. The van der Waals surface area contributed by atoms with Gasteiger partial charge in [0, 0.05) is 5.69 Å². The molecule has 1 aromatic carbocycles. The first kappa shape index (κ1) is 21.3. The lowest BCUT2D eigenvalue weighted by Gasteiger charge is -2.20. The van der Waals surface area contributed by atoms with Crippen molar-refractivity contribution >= 4 is 11.9 Å². The van der Waals surface area contributed by atoms with E-state index in [0.29, 0.717) is 5.69 Å². The van der Waals surface area contributed by atoms with Gasteiger partial charge in [-0.25, -0.2) is 9.18 Å². The molecule has 0 fully saturated rings. The van der Waals surface area contributed by atoms with Crippen LogP contribution in [0.1, 0.15) is 41.0 Å². The molecular formula is C21H25FN2O4. The molecule has 7 heteroatoms. The molecule has 0 radical (unpaired) electrons. The summed E-state index contributed by atoms with van der Waals surface area (Å²) >= 11 is 0. The van der Waals surface area contributed by atoms with Crippen LogP contribution in [0.4, 0.5) is 4.39 Å². The molecular weight excluding hydrogens is 363 g/mol. The Morgan fingerprint density at radius 3 is 2.32 bits per heavy atom. The number of rotatable bonds is 6. The summed E-state index contributed by atoms with van der Waals surface area (Å²) in [6.07, 6.45) is 0. The van der Waals surface area contributed by atoms with Gasteiger partial charge < -0.3 is 14.6 Å². The summed E-state index contributed by atoms with van der Waals surface area (Å²) < 4.78 is 19.3. The normalized spacial score (nSPS) is 12.0. The molecule has 150 valence electrons. The fraction of sp³-hybridized carbons (Fsp3) is 0.381. The van der Waals surface area contributed by atoms with Crippen molar-refractivity contribution in [1.29, 1.82) is 0 Å². The van der Waals surface area contributed by atoms with E-state index in [0.717, 1.165) is 11.1 Å². The van der Waals surface area contributed by atoms with Crippen molar-refractivity contribution < 1.29 is 18.7 Å². The van der Waals surface area contributed by atoms with E-state index in [-0.39, 0.29) is 23.8 Å². The van der Waals surface area contributed by atoms with Crippen LogP contribution in [0.5, 0.6) is 0 Å². The molecule has 0 bridgehead atoms. The van der Waals surface area contributed by atoms with Gasteiger partial charge in [-0.15, -0.1) is 0 Å². The minimum absolute atomic E-state index is 0.0558. The number of carbonyl (C=O) groups excluding carboxylic acids is 2. The Kier molecular flexibility index (Phi) is 6.72. The van der Waals surface area contributed by atoms with E-state index < -0.39 is 23.5 Å². The monoisotopic (exact) mass is 388 g/mol. The lowest BCUT2D eigenvalue weighted by Crippen LogP contribution is -2.46. The Hall–Kier alpha value is -2.96. The highest BCUT2D eigenvalue weighted by molar-refractivity contribution is 5.96. The Labute approximate surface area is 163 Å². The topological polar surface area (TPSA) is 77.4 Å². The number of carbonyl (C=O) groups is 2. The third-order valence-corrected chi connectivity index (χ3v) is 4.72. The standard InChI is InChI=1S/C21H25FN2O4/c1-12(2)18(21(27)28-5)23-19(25)17-10-13(3)14(4)24(20(17)26)11-15-6-8-16(22)9-7-15/h6-10,12,18H,11H2,1-5H3,(H,23,25). The average molecular weight is 388 g/mol. The van der Waals surface area contributed by atoms with Crippen LogP contribution >= 0.6 is 0 Å². The number of nitrogens with zero attached hydrogens (tertiary/aromatic N) is 1. The molecule has 1 atom stereocenters. The van der Waals surface area contributed by atoms with Gasteiger partial charge in [0.15, 0.2) is 0 Å². The molecule has 2 aromatic rings. The van der Waals surface area contributed by atoms with Crippen LogP contribution in [0.3, 0.4) is 0 Å². The summed E-state index contributed by atoms with van der Waals surface area (Å²) in [7, 11) is 1.25. The second-order valence-electron chi connectivity index (χ2n) is 7.06. The number of hydrogen-bond donors (Lipinski definition) is 1. The number of pyridine rings is 1. The maximum Gasteiger partial charge on any atom is 0.328 e. The van der Waals surface area contributed by atoms with Gasteiger partial charge in [0.25, 0.3) is 11.5 Å². The van der Waals surface area contributed by atoms with E-state index >= 15 is 0 Å². The zero-order valence-electron chi connectivity index (χ0n) is 16.7. The van der Waals surface area contributed by atoms with Crippen molar-refractivity contribution in [1.82, 2.24) is 9.88 Å². The highest BCUT2D eigenvalue weighted by Crippen LogP contribution is 2.12. The fourth-order valence-corrected chi connectivity index (χ4v) is 2.86. The Morgan fingerprint density at radius 1 is 1.18 bits per heavy atom. The number of halogens is 1. The summed E-state index contributed by atoms with van der Waals surface area (Å²) in [6.45, 7) is 7.34. The first-order valence-electron chi connectivity index (χ1n) is 8.99. The summed E-state index contributed by atoms with van der Waals surface area (Å²) in [6, 6.07) is 6.49. The third-order valence-electron chi connectivity index (χ3n) is 4.72. The molecule has 1 unspecified atom stereocenters. The van der Waals surface area contributed by atoms with E-state index in [2.05, 4.69) is 5.32 Å². The number of amides is 1. The molecule has 1 heterocycles. The highest BCUT2D eigenvalue weighted by atomic mass is 19.1. The third kappa shape index (κ3) is 4.65. The molecule has 0 saturated heterocycles. The lowest BCUT2D eigenvalue weighted by molar-refractivity contribution is -0.144. The molecule has 1 amide bonds. The Morgan fingerprint density at radius 2 is 1.79 bits per heavy atom. The van der Waals surface area contributed by atoms with E-state index in [4.69, 9.17) is 4.74 Å².